The molecule has 21 heavy (non-hydrogen) atoms. The van der Waals surface area contributed by atoms with Gasteiger partial charge in [-0.2, -0.15) is 0 Å². The number of hydrogen-bond acceptors (Lipinski definition) is 3. The summed E-state index contributed by atoms with van der Waals surface area (Å²) in [6.45, 7) is 0.813. The number of para-hydroxylation sites is 1. The van der Waals surface area contributed by atoms with Crippen LogP contribution in [0, 0.1) is 11.7 Å². The molecule has 4 nitrogen and oxygen atoms in total. The van der Waals surface area contributed by atoms with Crippen molar-refractivity contribution in [2.45, 2.75) is 31.7 Å². The lowest BCUT2D eigenvalue weighted by Gasteiger charge is -2.15. The predicted molar refractivity (Wildman–Crippen MR) is 82.1 cm³/mol. The standard InChI is InChI=1S/C15H21FN2O2.ClH/c16-12-4-1-2-5-14(12)20-9-3-6-15(19)18-13(10-17)11-7-8-11;/h1-2,4-5,11,13H,3,6-10,17H2,(H,18,19);1H. The van der Waals surface area contributed by atoms with E-state index in [2.05, 4.69) is 5.32 Å². The second kappa shape index (κ2) is 8.85. The van der Waals surface area contributed by atoms with Crippen LogP contribution in [0.1, 0.15) is 25.7 Å². The van der Waals surface area contributed by atoms with Crippen molar-refractivity contribution in [2.75, 3.05) is 13.2 Å². The summed E-state index contributed by atoms with van der Waals surface area (Å²) in [5.41, 5.74) is 5.63. The van der Waals surface area contributed by atoms with Crippen LogP contribution in [0.5, 0.6) is 5.75 Å². The number of nitrogens with one attached hydrogen (secondary N) is 1. The molecule has 1 unspecified atom stereocenters. The molecule has 3 N–H and O–H groups in total. The quantitative estimate of drug-likeness (QED) is 0.723. The molecule has 1 amide bonds. The molecule has 1 aromatic carbocycles. The van der Waals surface area contributed by atoms with Gasteiger partial charge in [-0.1, -0.05) is 12.1 Å². The molecule has 2 rings (SSSR count). The topological polar surface area (TPSA) is 64.3 Å². The fourth-order valence-electron chi connectivity index (χ4n) is 2.12. The molecule has 6 heteroatoms. The van der Waals surface area contributed by atoms with Crippen LogP contribution in [0.3, 0.4) is 0 Å². The van der Waals surface area contributed by atoms with Gasteiger partial charge in [0.2, 0.25) is 5.91 Å². The average Bonchev–Trinajstić information content (AvgIpc) is 3.27. The SMILES string of the molecule is Cl.NCC(NC(=O)CCCOc1ccccc1F)C1CC1. The van der Waals surface area contributed by atoms with E-state index in [-0.39, 0.29) is 35.9 Å². The molecule has 0 radical (unpaired) electrons. The maximum Gasteiger partial charge on any atom is 0.220 e. The fraction of sp³-hybridized carbons (Fsp3) is 0.533. The lowest BCUT2D eigenvalue weighted by molar-refractivity contribution is -0.122. The Balaban J connectivity index is 0.00000220. The zero-order valence-electron chi connectivity index (χ0n) is 11.9. The summed E-state index contributed by atoms with van der Waals surface area (Å²) >= 11 is 0. The maximum absolute atomic E-state index is 13.3. The van der Waals surface area contributed by atoms with E-state index in [0.717, 1.165) is 12.8 Å². The summed E-state index contributed by atoms with van der Waals surface area (Å²) in [7, 11) is 0. The number of rotatable bonds is 8. The summed E-state index contributed by atoms with van der Waals surface area (Å²) in [6, 6.07) is 6.36. The van der Waals surface area contributed by atoms with Crippen LogP contribution in [0.15, 0.2) is 24.3 Å². The van der Waals surface area contributed by atoms with Crippen molar-refractivity contribution >= 4 is 18.3 Å². The van der Waals surface area contributed by atoms with Gasteiger partial charge >= 0.3 is 0 Å². The van der Waals surface area contributed by atoms with E-state index < -0.39 is 0 Å². The second-order valence-corrected chi connectivity index (χ2v) is 5.13. The van der Waals surface area contributed by atoms with Crippen molar-refractivity contribution in [2.24, 2.45) is 11.7 Å². The van der Waals surface area contributed by atoms with Gasteiger partial charge in [0, 0.05) is 19.0 Å². The molecule has 1 aliphatic rings. The highest BCUT2D eigenvalue weighted by molar-refractivity contribution is 5.85. The monoisotopic (exact) mass is 316 g/mol. The summed E-state index contributed by atoms with van der Waals surface area (Å²) in [5.74, 6) is 0.391. The van der Waals surface area contributed by atoms with Crippen molar-refractivity contribution in [1.29, 1.82) is 0 Å². The van der Waals surface area contributed by atoms with E-state index in [4.69, 9.17) is 10.5 Å². The molecule has 0 saturated heterocycles. The van der Waals surface area contributed by atoms with E-state index >= 15 is 0 Å². The lowest BCUT2D eigenvalue weighted by Crippen LogP contribution is -2.41. The van der Waals surface area contributed by atoms with Crippen molar-refractivity contribution in [3.05, 3.63) is 30.1 Å². The van der Waals surface area contributed by atoms with Crippen molar-refractivity contribution in [3.63, 3.8) is 0 Å². The van der Waals surface area contributed by atoms with Gasteiger partial charge in [-0.05, 0) is 37.3 Å². The molecule has 118 valence electrons. The lowest BCUT2D eigenvalue weighted by atomic mass is 10.2. The highest BCUT2D eigenvalue weighted by Gasteiger charge is 2.30. The van der Waals surface area contributed by atoms with Gasteiger partial charge < -0.3 is 15.8 Å². The third-order valence-electron chi connectivity index (χ3n) is 3.43. The summed E-state index contributed by atoms with van der Waals surface area (Å²) in [6.07, 6.45) is 3.23. The number of hydrogen-bond donors (Lipinski definition) is 2. The first-order valence-corrected chi connectivity index (χ1v) is 7.07. The Morgan fingerprint density at radius 3 is 2.76 bits per heavy atom. The van der Waals surface area contributed by atoms with Crippen LogP contribution in [0.2, 0.25) is 0 Å². The summed E-state index contributed by atoms with van der Waals surface area (Å²) < 4.78 is 18.6. The highest BCUT2D eigenvalue weighted by atomic mass is 35.5. The Hall–Kier alpha value is -1.33. The predicted octanol–water partition coefficient (Wildman–Crippen LogP) is 2.26. The first-order valence-electron chi connectivity index (χ1n) is 7.07. The van der Waals surface area contributed by atoms with Crippen molar-refractivity contribution < 1.29 is 13.9 Å². The third kappa shape index (κ3) is 5.89. The number of nitrogens with two attached hydrogens (primary N) is 1. The van der Waals surface area contributed by atoms with Gasteiger partial charge in [-0.25, -0.2) is 4.39 Å². The number of carbonyl (C=O) groups is 1. The van der Waals surface area contributed by atoms with Crippen molar-refractivity contribution in [1.82, 2.24) is 5.32 Å². The van der Waals surface area contributed by atoms with Crippen LogP contribution in [-0.4, -0.2) is 25.1 Å². The largest absolute Gasteiger partial charge is 0.491 e. The van der Waals surface area contributed by atoms with Crippen LogP contribution in [0.4, 0.5) is 4.39 Å². The summed E-state index contributed by atoms with van der Waals surface area (Å²) in [5, 5.41) is 2.95. The Kier molecular flexibility index (Phi) is 7.47. The molecule has 0 aromatic heterocycles. The van der Waals surface area contributed by atoms with Crippen LogP contribution in [0.25, 0.3) is 0 Å². The number of amides is 1. The molecule has 1 fully saturated rings. The Morgan fingerprint density at radius 2 is 2.14 bits per heavy atom. The Morgan fingerprint density at radius 1 is 1.43 bits per heavy atom. The van der Waals surface area contributed by atoms with Crippen LogP contribution < -0.4 is 15.8 Å². The molecule has 0 spiro atoms. The molecule has 1 aromatic rings. The van der Waals surface area contributed by atoms with E-state index in [1.54, 1.807) is 18.2 Å². The van der Waals surface area contributed by atoms with E-state index in [0.29, 0.717) is 31.9 Å². The molecular formula is C15H22ClFN2O2. The zero-order chi connectivity index (χ0) is 14.4. The number of ether oxygens (including phenoxy) is 1. The first kappa shape index (κ1) is 17.7. The van der Waals surface area contributed by atoms with E-state index in [1.165, 1.54) is 6.07 Å². The minimum atomic E-state index is -0.381. The highest BCUT2D eigenvalue weighted by Crippen LogP contribution is 2.32. The zero-order valence-corrected chi connectivity index (χ0v) is 12.7. The fourth-order valence-corrected chi connectivity index (χ4v) is 2.12. The molecule has 1 saturated carbocycles. The number of benzene rings is 1. The van der Waals surface area contributed by atoms with Gasteiger partial charge in [0.1, 0.15) is 0 Å². The second-order valence-electron chi connectivity index (χ2n) is 5.13. The molecule has 1 atom stereocenters. The van der Waals surface area contributed by atoms with Gasteiger partial charge in [-0.3, -0.25) is 4.79 Å². The third-order valence-corrected chi connectivity index (χ3v) is 3.43. The minimum Gasteiger partial charge on any atom is -0.491 e. The minimum absolute atomic E-state index is 0. The molecule has 0 aliphatic heterocycles. The normalized spacial score (nSPS) is 15.0. The van der Waals surface area contributed by atoms with E-state index in [1.807, 2.05) is 0 Å². The number of halogens is 2. The van der Waals surface area contributed by atoms with Gasteiger partial charge in [0.25, 0.3) is 0 Å². The van der Waals surface area contributed by atoms with Gasteiger partial charge in [-0.15, -0.1) is 12.4 Å². The van der Waals surface area contributed by atoms with Crippen molar-refractivity contribution in [3.8, 4) is 5.75 Å². The Labute approximate surface area is 130 Å². The molecular weight excluding hydrogens is 295 g/mol. The molecule has 1 aliphatic carbocycles. The molecule has 0 heterocycles. The van der Waals surface area contributed by atoms with Crippen LogP contribution >= 0.6 is 12.4 Å². The smallest absolute Gasteiger partial charge is 0.220 e. The van der Waals surface area contributed by atoms with E-state index in [9.17, 15) is 9.18 Å². The van der Waals surface area contributed by atoms with Gasteiger partial charge in [0.15, 0.2) is 11.6 Å². The Bertz CT molecular complexity index is 455. The first-order chi connectivity index (χ1) is 9.70. The molecule has 0 bridgehead atoms. The number of carbonyl (C=O) groups excluding carboxylic acids is 1. The van der Waals surface area contributed by atoms with Crippen LogP contribution in [-0.2, 0) is 4.79 Å². The summed E-state index contributed by atoms with van der Waals surface area (Å²) in [4.78, 5) is 11.7. The maximum atomic E-state index is 13.3. The average molecular weight is 317 g/mol. The van der Waals surface area contributed by atoms with Gasteiger partial charge in [0.05, 0.1) is 6.61 Å².